The second kappa shape index (κ2) is 3.52. The number of hydrogen-bond acceptors (Lipinski definition) is 2. The molecule has 1 aromatic heterocycles. The Morgan fingerprint density at radius 1 is 1.50 bits per heavy atom. The van der Waals surface area contributed by atoms with Crippen LogP contribution in [0.2, 0.25) is 0 Å². The first-order valence-electron chi connectivity index (χ1n) is 6.03. The van der Waals surface area contributed by atoms with Crippen molar-refractivity contribution in [1.29, 1.82) is 0 Å². The normalized spacial score (nSPS) is 32.8. The van der Waals surface area contributed by atoms with Crippen molar-refractivity contribution in [2.75, 3.05) is 6.54 Å². The minimum Gasteiger partial charge on any atom is -0.314 e. The first-order valence-corrected chi connectivity index (χ1v) is 6.03. The summed E-state index contributed by atoms with van der Waals surface area (Å²) in [5.41, 5.74) is 1.20. The number of nitrogens with zero attached hydrogens (tertiary/aromatic N) is 1. The third-order valence-electron chi connectivity index (χ3n) is 4.01. The van der Waals surface area contributed by atoms with Crippen molar-refractivity contribution in [3.8, 4) is 0 Å². The van der Waals surface area contributed by atoms with E-state index in [1.807, 2.05) is 0 Å². The Bertz CT molecular complexity index is 403. The van der Waals surface area contributed by atoms with Crippen LogP contribution in [-0.2, 0) is 5.41 Å². The van der Waals surface area contributed by atoms with Crippen LogP contribution in [0.25, 0.3) is 0 Å². The highest BCUT2D eigenvalue weighted by atomic mass is 19.1. The highest BCUT2D eigenvalue weighted by Gasteiger charge is 2.51. The molecule has 86 valence electrons. The van der Waals surface area contributed by atoms with Crippen LogP contribution in [0.5, 0.6) is 0 Å². The van der Waals surface area contributed by atoms with Crippen LogP contribution in [0, 0.1) is 11.7 Å². The Labute approximate surface area is 95.3 Å². The maximum Gasteiger partial charge on any atom is 0.141 e. The number of nitrogens with one attached hydrogen (secondary N) is 1. The smallest absolute Gasteiger partial charge is 0.141 e. The van der Waals surface area contributed by atoms with Gasteiger partial charge in [-0.05, 0) is 48.8 Å². The average molecular weight is 220 g/mol. The summed E-state index contributed by atoms with van der Waals surface area (Å²) >= 11 is 0. The van der Waals surface area contributed by atoms with Crippen LogP contribution >= 0.6 is 0 Å². The van der Waals surface area contributed by atoms with Gasteiger partial charge in [-0.2, -0.15) is 0 Å². The highest BCUT2D eigenvalue weighted by molar-refractivity contribution is 5.30. The third-order valence-corrected chi connectivity index (χ3v) is 4.01. The van der Waals surface area contributed by atoms with Crippen LogP contribution in [-0.4, -0.2) is 17.6 Å². The Kier molecular flexibility index (Phi) is 2.25. The molecule has 0 amide bonds. The van der Waals surface area contributed by atoms with E-state index < -0.39 is 0 Å². The topological polar surface area (TPSA) is 24.9 Å². The lowest BCUT2D eigenvalue weighted by Gasteiger charge is -2.11. The van der Waals surface area contributed by atoms with Crippen molar-refractivity contribution in [2.24, 2.45) is 5.92 Å². The summed E-state index contributed by atoms with van der Waals surface area (Å²) in [4.78, 5) is 3.94. The van der Waals surface area contributed by atoms with E-state index in [4.69, 9.17) is 0 Å². The van der Waals surface area contributed by atoms with Gasteiger partial charge < -0.3 is 5.32 Å². The van der Waals surface area contributed by atoms with E-state index >= 15 is 0 Å². The zero-order chi connectivity index (χ0) is 11.2. The Morgan fingerprint density at radius 2 is 2.31 bits per heavy atom. The standard InChI is InChI=1S/C13H17FN2/c1-13(9-4-11(14)8-15-6-9)5-10(13)7-16-12-2-3-12/h4,6,8,10,12,16H,2-3,5,7H2,1H3. The van der Waals surface area contributed by atoms with E-state index in [-0.39, 0.29) is 11.2 Å². The van der Waals surface area contributed by atoms with Crippen molar-refractivity contribution >= 4 is 0 Å². The molecule has 0 bridgehead atoms. The lowest BCUT2D eigenvalue weighted by atomic mass is 9.97. The zero-order valence-corrected chi connectivity index (χ0v) is 9.54. The molecule has 3 rings (SSSR count). The Morgan fingerprint density at radius 3 is 3.00 bits per heavy atom. The summed E-state index contributed by atoms with van der Waals surface area (Å²) in [6.45, 7) is 3.28. The number of rotatable bonds is 4. The molecule has 2 unspecified atom stereocenters. The summed E-state index contributed by atoms with van der Waals surface area (Å²) < 4.78 is 13.1. The lowest BCUT2D eigenvalue weighted by molar-refractivity contribution is 0.566. The summed E-state index contributed by atoms with van der Waals surface area (Å²) in [6.07, 6.45) is 6.88. The molecule has 0 aliphatic heterocycles. The predicted octanol–water partition coefficient (Wildman–Crippen LogP) is 2.25. The predicted molar refractivity (Wildman–Crippen MR) is 60.7 cm³/mol. The summed E-state index contributed by atoms with van der Waals surface area (Å²) in [5.74, 6) is 0.427. The molecule has 3 heteroatoms. The lowest BCUT2D eigenvalue weighted by Crippen LogP contribution is -2.22. The fourth-order valence-electron chi connectivity index (χ4n) is 2.42. The van der Waals surface area contributed by atoms with E-state index in [0.29, 0.717) is 5.92 Å². The first kappa shape index (κ1) is 10.2. The molecule has 0 radical (unpaired) electrons. The molecular weight excluding hydrogens is 203 g/mol. The second-order valence-electron chi connectivity index (χ2n) is 5.39. The van der Waals surface area contributed by atoms with Crippen molar-refractivity contribution < 1.29 is 4.39 Å². The summed E-state index contributed by atoms with van der Waals surface area (Å²) in [5, 5.41) is 3.54. The van der Waals surface area contributed by atoms with Gasteiger partial charge in [-0.1, -0.05) is 6.92 Å². The molecule has 0 saturated heterocycles. The highest BCUT2D eigenvalue weighted by Crippen LogP contribution is 2.53. The van der Waals surface area contributed by atoms with Crippen molar-refractivity contribution in [2.45, 2.75) is 37.6 Å². The van der Waals surface area contributed by atoms with Gasteiger partial charge in [-0.3, -0.25) is 4.98 Å². The first-order chi connectivity index (χ1) is 7.68. The number of aromatic nitrogens is 1. The quantitative estimate of drug-likeness (QED) is 0.841. The SMILES string of the molecule is CC1(c2cncc(F)c2)CC1CNC1CC1. The molecule has 2 nitrogen and oxygen atoms in total. The molecule has 1 aromatic rings. The van der Waals surface area contributed by atoms with Crippen molar-refractivity contribution in [3.05, 3.63) is 29.8 Å². The zero-order valence-electron chi connectivity index (χ0n) is 9.54. The molecule has 0 spiro atoms. The van der Waals surface area contributed by atoms with E-state index in [0.717, 1.165) is 24.6 Å². The van der Waals surface area contributed by atoms with E-state index in [9.17, 15) is 4.39 Å². The van der Waals surface area contributed by atoms with Gasteiger partial charge in [-0.25, -0.2) is 4.39 Å². The fourth-order valence-corrected chi connectivity index (χ4v) is 2.42. The number of hydrogen-bond donors (Lipinski definition) is 1. The summed E-state index contributed by atoms with van der Waals surface area (Å²) in [7, 11) is 0. The van der Waals surface area contributed by atoms with Gasteiger partial charge in [0.25, 0.3) is 0 Å². The van der Waals surface area contributed by atoms with Crippen molar-refractivity contribution in [1.82, 2.24) is 10.3 Å². The molecule has 2 atom stereocenters. The van der Waals surface area contributed by atoms with Gasteiger partial charge in [0.2, 0.25) is 0 Å². The Hall–Kier alpha value is -0.960. The van der Waals surface area contributed by atoms with Gasteiger partial charge in [0.15, 0.2) is 0 Å². The van der Waals surface area contributed by atoms with Gasteiger partial charge in [-0.15, -0.1) is 0 Å². The minimum atomic E-state index is -0.223. The van der Waals surface area contributed by atoms with E-state index in [2.05, 4.69) is 17.2 Å². The van der Waals surface area contributed by atoms with Crippen LogP contribution in [0.4, 0.5) is 4.39 Å². The molecule has 1 heterocycles. The van der Waals surface area contributed by atoms with Gasteiger partial charge in [0, 0.05) is 12.2 Å². The molecule has 0 aromatic carbocycles. The van der Waals surface area contributed by atoms with Crippen LogP contribution < -0.4 is 5.32 Å². The van der Waals surface area contributed by atoms with Gasteiger partial charge in [0.05, 0.1) is 6.20 Å². The Balaban J connectivity index is 1.65. The number of halogens is 1. The van der Waals surface area contributed by atoms with Crippen molar-refractivity contribution in [3.63, 3.8) is 0 Å². The van der Waals surface area contributed by atoms with Crippen LogP contribution in [0.15, 0.2) is 18.5 Å². The maximum atomic E-state index is 13.1. The summed E-state index contributed by atoms with van der Waals surface area (Å²) in [6, 6.07) is 2.39. The molecule has 16 heavy (non-hydrogen) atoms. The second-order valence-corrected chi connectivity index (χ2v) is 5.39. The molecule has 2 saturated carbocycles. The maximum absolute atomic E-state index is 13.1. The third kappa shape index (κ3) is 1.84. The molecule has 2 aliphatic carbocycles. The molecule has 1 N–H and O–H groups in total. The van der Waals surface area contributed by atoms with E-state index in [1.54, 1.807) is 12.3 Å². The molecule has 2 fully saturated rings. The fraction of sp³-hybridized carbons (Fsp3) is 0.615. The molecular formula is C13H17FN2. The van der Waals surface area contributed by atoms with Crippen LogP contribution in [0.3, 0.4) is 0 Å². The average Bonchev–Trinajstić information content (AvgIpc) is 3.13. The van der Waals surface area contributed by atoms with E-state index in [1.165, 1.54) is 19.0 Å². The molecule has 2 aliphatic rings. The van der Waals surface area contributed by atoms with Crippen LogP contribution in [0.1, 0.15) is 31.7 Å². The monoisotopic (exact) mass is 220 g/mol. The number of pyridine rings is 1. The van der Waals surface area contributed by atoms with Gasteiger partial charge in [0.1, 0.15) is 5.82 Å². The van der Waals surface area contributed by atoms with Gasteiger partial charge >= 0.3 is 0 Å². The minimum absolute atomic E-state index is 0.150. The largest absolute Gasteiger partial charge is 0.314 e.